The summed E-state index contributed by atoms with van der Waals surface area (Å²) in [5.41, 5.74) is 6.63. The molecule has 19 heavy (non-hydrogen) atoms. The molecule has 2 N–H and O–H groups in total. The molecule has 0 aliphatic carbocycles. The van der Waals surface area contributed by atoms with Crippen LogP contribution in [0.4, 0.5) is 5.69 Å². The summed E-state index contributed by atoms with van der Waals surface area (Å²) < 4.78 is 6.22. The molecule has 1 heterocycles. The van der Waals surface area contributed by atoms with Gasteiger partial charge in [0, 0.05) is 28.1 Å². The Morgan fingerprint density at radius 2 is 2.16 bits per heavy atom. The number of nitrogens with zero attached hydrogens (tertiary/aromatic N) is 1. The number of anilines is 1. The molecule has 0 radical (unpaired) electrons. The molecule has 1 fully saturated rings. The number of hydrogen-bond donors (Lipinski definition) is 1. The zero-order chi connectivity index (χ0) is 13.8. The minimum Gasteiger partial charge on any atom is -0.398 e. The fraction of sp³-hybridized carbons (Fsp3) is 0.462. The molecule has 1 saturated heterocycles. The van der Waals surface area contributed by atoms with Gasteiger partial charge < -0.3 is 15.4 Å². The fourth-order valence-corrected chi connectivity index (χ4v) is 3.43. The number of morpholine rings is 1. The Bertz CT molecular complexity index is 464. The Morgan fingerprint density at radius 1 is 1.47 bits per heavy atom. The maximum absolute atomic E-state index is 12.3. The highest BCUT2D eigenvalue weighted by molar-refractivity contribution is 9.10. The maximum Gasteiger partial charge on any atom is 0.235 e. The van der Waals surface area contributed by atoms with Crippen molar-refractivity contribution in [1.82, 2.24) is 4.90 Å². The lowest BCUT2D eigenvalue weighted by Crippen LogP contribution is -2.44. The number of nitrogen functional groups attached to an aromatic ring is 1. The van der Waals surface area contributed by atoms with Crippen LogP contribution < -0.4 is 5.73 Å². The number of benzene rings is 1. The van der Waals surface area contributed by atoms with E-state index in [2.05, 4.69) is 15.9 Å². The van der Waals surface area contributed by atoms with Crippen molar-refractivity contribution in [2.24, 2.45) is 0 Å². The Balaban J connectivity index is 2.01. The number of hydrogen-bond acceptors (Lipinski definition) is 4. The van der Waals surface area contributed by atoms with Gasteiger partial charge in [-0.05, 0) is 25.1 Å². The van der Waals surface area contributed by atoms with Gasteiger partial charge in [0.2, 0.25) is 5.91 Å². The van der Waals surface area contributed by atoms with Crippen molar-refractivity contribution in [1.29, 1.82) is 0 Å². The van der Waals surface area contributed by atoms with Crippen LogP contribution in [0.25, 0.3) is 0 Å². The molecule has 2 rings (SSSR count). The van der Waals surface area contributed by atoms with Gasteiger partial charge in [-0.1, -0.05) is 15.9 Å². The minimum atomic E-state index is -0.144. The summed E-state index contributed by atoms with van der Waals surface area (Å²) in [7, 11) is 0. The molecule has 0 saturated carbocycles. The number of thioether (sulfide) groups is 1. The van der Waals surface area contributed by atoms with Crippen LogP contribution in [0.15, 0.2) is 27.6 Å². The van der Waals surface area contributed by atoms with Crippen LogP contribution in [0.5, 0.6) is 0 Å². The molecule has 1 aliphatic rings. The SMILES string of the molecule is CC(Sc1cc(Br)ccc1N)C(=O)N1CCOCC1. The largest absolute Gasteiger partial charge is 0.398 e. The molecule has 6 heteroatoms. The highest BCUT2D eigenvalue weighted by atomic mass is 79.9. The van der Waals surface area contributed by atoms with E-state index in [1.54, 1.807) is 0 Å². The van der Waals surface area contributed by atoms with Crippen LogP contribution in [0, 0.1) is 0 Å². The summed E-state index contributed by atoms with van der Waals surface area (Å²) in [6.07, 6.45) is 0. The van der Waals surface area contributed by atoms with E-state index >= 15 is 0 Å². The Hall–Kier alpha value is -0.720. The van der Waals surface area contributed by atoms with Gasteiger partial charge >= 0.3 is 0 Å². The van der Waals surface area contributed by atoms with E-state index in [1.165, 1.54) is 11.8 Å². The topological polar surface area (TPSA) is 55.6 Å². The number of amides is 1. The Kier molecular flexibility index (Phi) is 5.13. The normalized spacial score (nSPS) is 17.3. The summed E-state index contributed by atoms with van der Waals surface area (Å²) in [6, 6.07) is 5.69. The van der Waals surface area contributed by atoms with Crippen molar-refractivity contribution in [3.63, 3.8) is 0 Å². The second-order valence-electron chi connectivity index (χ2n) is 4.38. The van der Waals surface area contributed by atoms with E-state index in [-0.39, 0.29) is 11.2 Å². The van der Waals surface area contributed by atoms with E-state index in [4.69, 9.17) is 10.5 Å². The first-order valence-electron chi connectivity index (χ1n) is 6.16. The van der Waals surface area contributed by atoms with Crippen LogP contribution in [-0.4, -0.2) is 42.4 Å². The minimum absolute atomic E-state index is 0.144. The van der Waals surface area contributed by atoms with Crippen molar-refractivity contribution in [3.8, 4) is 0 Å². The molecular weight excluding hydrogens is 328 g/mol. The average Bonchev–Trinajstić information content (AvgIpc) is 2.43. The average molecular weight is 345 g/mol. The smallest absolute Gasteiger partial charge is 0.235 e. The van der Waals surface area contributed by atoms with Crippen molar-refractivity contribution < 1.29 is 9.53 Å². The summed E-state index contributed by atoms with van der Waals surface area (Å²) in [6.45, 7) is 4.53. The Morgan fingerprint density at radius 3 is 2.84 bits per heavy atom. The first-order chi connectivity index (χ1) is 9.08. The molecule has 104 valence electrons. The summed E-state index contributed by atoms with van der Waals surface area (Å²) in [5.74, 6) is 0.146. The van der Waals surface area contributed by atoms with Crippen LogP contribution in [0.1, 0.15) is 6.92 Å². The van der Waals surface area contributed by atoms with Gasteiger partial charge in [0.15, 0.2) is 0 Å². The van der Waals surface area contributed by atoms with Crippen molar-refractivity contribution in [2.45, 2.75) is 17.1 Å². The first kappa shape index (κ1) is 14.7. The number of rotatable bonds is 3. The van der Waals surface area contributed by atoms with Crippen LogP contribution in [-0.2, 0) is 9.53 Å². The molecule has 1 amide bonds. The second-order valence-corrected chi connectivity index (χ2v) is 6.68. The number of carbonyl (C=O) groups excluding carboxylic acids is 1. The van der Waals surface area contributed by atoms with Gasteiger partial charge in [0.05, 0.1) is 18.5 Å². The lowest BCUT2D eigenvalue weighted by molar-refractivity contribution is -0.134. The van der Waals surface area contributed by atoms with Gasteiger partial charge in [-0.25, -0.2) is 0 Å². The van der Waals surface area contributed by atoms with E-state index in [1.807, 2.05) is 30.0 Å². The third-order valence-electron chi connectivity index (χ3n) is 2.95. The molecular formula is C13H17BrN2O2S. The first-order valence-corrected chi connectivity index (χ1v) is 7.83. The van der Waals surface area contributed by atoms with Crippen LogP contribution in [0.2, 0.25) is 0 Å². The zero-order valence-corrected chi connectivity index (χ0v) is 13.2. The molecule has 1 atom stereocenters. The molecule has 0 spiro atoms. The van der Waals surface area contributed by atoms with Gasteiger partial charge in [-0.2, -0.15) is 0 Å². The number of ether oxygens (including phenoxy) is 1. The highest BCUT2D eigenvalue weighted by Crippen LogP contribution is 2.32. The predicted molar refractivity (Wildman–Crippen MR) is 81.3 cm³/mol. The van der Waals surface area contributed by atoms with Crippen molar-refractivity contribution >= 4 is 39.3 Å². The van der Waals surface area contributed by atoms with E-state index in [0.29, 0.717) is 32.0 Å². The molecule has 0 aromatic heterocycles. The fourth-order valence-electron chi connectivity index (χ4n) is 1.89. The lowest BCUT2D eigenvalue weighted by atomic mass is 10.3. The summed E-state index contributed by atoms with van der Waals surface area (Å²) >= 11 is 4.92. The third-order valence-corrected chi connectivity index (χ3v) is 4.61. The molecule has 1 aliphatic heterocycles. The number of carbonyl (C=O) groups is 1. The molecule has 1 unspecified atom stereocenters. The van der Waals surface area contributed by atoms with Gasteiger partial charge in [0.1, 0.15) is 0 Å². The van der Waals surface area contributed by atoms with Gasteiger partial charge in [0.25, 0.3) is 0 Å². The summed E-state index contributed by atoms with van der Waals surface area (Å²) in [5, 5.41) is -0.144. The predicted octanol–water partition coefficient (Wildman–Crippen LogP) is 2.37. The van der Waals surface area contributed by atoms with Crippen LogP contribution in [0.3, 0.4) is 0 Å². The molecule has 1 aromatic rings. The second kappa shape index (κ2) is 6.63. The number of nitrogens with two attached hydrogens (primary N) is 1. The summed E-state index contributed by atoms with van der Waals surface area (Å²) in [4.78, 5) is 15.1. The standard InChI is InChI=1S/C13H17BrN2O2S/c1-9(13(17)16-4-6-18-7-5-16)19-12-8-10(14)2-3-11(12)15/h2-3,8-9H,4-7,15H2,1H3. The van der Waals surface area contributed by atoms with Gasteiger partial charge in [-0.3, -0.25) is 4.79 Å². The zero-order valence-electron chi connectivity index (χ0n) is 10.8. The molecule has 0 bridgehead atoms. The monoisotopic (exact) mass is 344 g/mol. The highest BCUT2D eigenvalue weighted by Gasteiger charge is 2.23. The van der Waals surface area contributed by atoms with Gasteiger partial charge in [-0.15, -0.1) is 11.8 Å². The van der Waals surface area contributed by atoms with Crippen LogP contribution >= 0.6 is 27.7 Å². The number of halogens is 1. The van der Waals surface area contributed by atoms with E-state index in [9.17, 15) is 4.79 Å². The molecule has 1 aromatic carbocycles. The quantitative estimate of drug-likeness (QED) is 0.675. The maximum atomic E-state index is 12.3. The molecule has 4 nitrogen and oxygen atoms in total. The Labute approximate surface area is 125 Å². The van der Waals surface area contributed by atoms with E-state index < -0.39 is 0 Å². The van der Waals surface area contributed by atoms with E-state index in [0.717, 1.165) is 9.37 Å². The van der Waals surface area contributed by atoms with Crippen molar-refractivity contribution in [3.05, 3.63) is 22.7 Å². The lowest BCUT2D eigenvalue weighted by Gasteiger charge is -2.29. The third kappa shape index (κ3) is 3.87. The van der Waals surface area contributed by atoms with Crippen molar-refractivity contribution in [2.75, 3.05) is 32.0 Å².